The predicted octanol–water partition coefficient (Wildman–Crippen LogP) is 3.15. The molecule has 0 saturated heterocycles. The largest absolute Gasteiger partial charge is 0.493 e. The third-order valence-corrected chi connectivity index (χ3v) is 4.46. The van der Waals surface area contributed by atoms with Crippen LogP contribution in [0.2, 0.25) is 0 Å². The Morgan fingerprint density at radius 1 is 1.11 bits per heavy atom. The number of ether oxygens (including phenoxy) is 4. The highest BCUT2D eigenvalue weighted by molar-refractivity contribution is 5.90. The number of fused-ring (bicyclic) bond motifs is 1. The Hall–Kier alpha value is -2.93. The Labute approximate surface area is 158 Å². The Balaban J connectivity index is 1.65. The van der Waals surface area contributed by atoms with Gasteiger partial charge in [0.2, 0.25) is 5.75 Å². The maximum absolute atomic E-state index is 12.3. The van der Waals surface area contributed by atoms with Crippen LogP contribution in [0.25, 0.3) is 0 Å². The summed E-state index contributed by atoms with van der Waals surface area (Å²) in [4.78, 5) is 12.3. The molecule has 7 heteroatoms. The molecule has 2 N–H and O–H groups in total. The minimum atomic E-state index is -0.337. The van der Waals surface area contributed by atoms with Crippen molar-refractivity contribution in [2.75, 3.05) is 39.8 Å². The first-order chi connectivity index (χ1) is 13.2. The number of carbonyl (C=O) groups is 1. The summed E-state index contributed by atoms with van der Waals surface area (Å²) in [5, 5.41) is 5.64. The van der Waals surface area contributed by atoms with Crippen molar-refractivity contribution in [3.8, 4) is 17.2 Å². The molecule has 1 aliphatic rings. The molecule has 2 aromatic carbocycles. The second kappa shape index (κ2) is 8.64. The Morgan fingerprint density at radius 2 is 1.81 bits per heavy atom. The zero-order valence-corrected chi connectivity index (χ0v) is 15.7. The van der Waals surface area contributed by atoms with Crippen molar-refractivity contribution in [3.63, 3.8) is 0 Å². The van der Waals surface area contributed by atoms with E-state index in [0.717, 1.165) is 12.0 Å². The monoisotopic (exact) mass is 372 g/mol. The highest BCUT2D eigenvalue weighted by atomic mass is 16.5. The molecule has 144 valence electrons. The van der Waals surface area contributed by atoms with E-state index in [0.29, 0.717) is 36.1 Å². The summed E-state index contributed by atoms with van der Waals surface area (Å²) >= 11 is 0. The minimum absolute atomic E-state index is 0.152. The first-order valence-corrected chi connectivity index (χ1v) is 8.70. The standard InChI is InChI=1S/C20H24N2O5/c1-24-16-10-14(11-17(25-2)19(16)26-3)22-20(23)21-12-18-15-7-5-4-6-13(15)8-9-27-18/h4-7,10-11,18H,8-9,12H2,1-3H3,(H2,21,22,23). The molecule has 2 amide bonds. The van der Waals surface area contributed by atoms with Crippen molar-refractivity contribution in [1.82, 2.24) is 5.32 Å². The number of methoxy groups -OCH3 is 3. The molecule has 0 bridgehead atoms. The van der Waals surface area contributed by atoms with Crippen LogP contribution in [-0.2, 0) is 11.2 Å². The lowest BCUT2D eigenvalue weighted by molar-refractivity contribution is 0.0444. The van der Waals surface area contributed by atoms with Crippen molar-refractivity contribution >= 4 is 11.7 Å². The number of rotatable bonds is 6. The summed E-state index contributed by atoms with van der Waals surface area (Å²) in [5.41, 5.74) is 2.92. The van der Waals surface area contributed by atoms with Gasteiger partial charge in [0.1, 0.15) is 6.10 Å². The van der Waals surface area contributed by atoms with Crippen LogP contribution in [0.15, 0.2) is 36.4 Å². The second-order valence-corrected chi connectivity index (χ2v) is 6.06. The van der Waals surface area contributed by atoms with E-state index < -0.39 is 0 Å². The molecule has 0 aromatic heterocycles. The third-order valence-electron chi connectivity index (χ3n) is 4.46. The topological polar surface area (TPSA) is 78.1 Å². The number of benzene rings is 2. The number of anilines is 1. The van der Waals surface area contributed by atoms with Gasteiger partial charge in [0.15, 0.2) is 11.5 Å². The molecular formula is C20H24N2O5. The normalized spacial score (nSPS) is 15.4. The van der Waals surface area contributed by atoms with Crippen LogP contribution in [-0.4, -0.2) is 40.5 Å². The van der Waals surface area contributed by atoms with Gasteiger partial charge in [0.05, 0.1) is 33.6 Å². The number of hydrogen-bond donors (Lipinski definition) is 2. The van der Waals surface area contributed by atoms with E-state index in [2.05, 4.69) is 16.7 Å². The fourth-order valence-corrected chi connectivity index (χ4v) is 3.16. The summed E-state index contributed by atoms with van der Waals surface area (Å²) in [6.07, 6.45) is 0.741. The zero-order valence-electron chi connectivity index (χ0n) is 15.7. The lowest BCUT2D eigenvalue weighted by atomic mass is 9.98. The maximum Gasteiger partial charge on any atom is 0.319 e. The SMILES string of the molecule is COc1cc(NC(=O)NCC2OCCc3ccccc32)cc(OC)c1OC. The first kappa shape index (κ1) is 18.8. The fourth-order valence-electron chi connectivity index (χ4n) is 3.16. The first-order valence-electron chi connectivity index (χ1n) is 8.70. The molecule has 2 aromatic rings. The molecule has 27 heavy (non-hydrogen) atoms. The molecule has 0 spiro atoms. The summed E-state index contributed by atoms with van der Waals surface area (Å²) in [6, 6.07) is 11.2. The molecule has 1 atom stereocenters. The van der Waals surface area contributed by atoms with Crippen LogP contribution in [0.4, 0.5) is 10.5 Å². The van der Waals surface area contributed by atoms with Crippen molar-refractivity contribution in [3.05, 3.63) is 47.5 Å². The summed E-state index contributed by atoms with van der Waals surface area (Å²) in [6.45, 7) is 1.03. The van der Waals surface area contributed by atoms with E-state index in [4.69, 9.17) is 18.9 Å². The number of nitrogens with one attached hydrogen (secondary N) is 2. The van der Waals surface area contributed by atoms with Crippen molar-refractivity contribution in [2.45, 2.75) is 12.5 Å². The quantitative estimate of drug-likeness (QED) is 0.814. The van der Waals surface area contributed by atoms with Crippen LogP contribution in [0.5, 0.6) is 17.2 Å². The minimum Gasteiger partial charge on any atom is -0.493 e. The van der Waals surface area contributed by atoms with E-state index >= 15 is 0 Å². The second-order valence-electron chi connectivity index (χ2n) is 6.06. The van der Waals surface area contributed by atoms with Gasteiger partial charge in [-0.15, -0.1) is 0 Å². The molecule has 0 fully saturated rings. The number of hydrogen-bond acceptors (Lipinski definition) is 5. The van der Waals surface area contributed by atoms with Crippen LogP contribution < -0.4 is 24.8 Å². The van der Waals surface area contributed by atoms with Crippen LogP contribution >= 0.6 is 0 Å². The lowest BCUT2D eigenvalue weighted by Crippen LogP contribution is -2.34. The van der Waals surface area contributed by atoms with Crippen LogP contribution in [0, 0.1) is 0 Å². The van der Waals surface area contributed by atoms with Gasteiger partial charge in [-0.1, -0.05) is 24.3 Å². The average molecular weight is 372 g/mol. The molecule has 7 nitrogen and oxygen atoms in total. The van der Waals surface area contributed by atoms with Gasteiger partial charge >= 0.3 is 6.03 Å². The van der Waals surface area contributed by atoms with Gasteiger partial charge in [0.25, 0.3) is 0 Å². The zero-order chi connectivity index (χ0) is 19.2. The van der Waals surface area contributed by atoms with E-state index in [1.807, 2.05) is 18.2 Å². The van der Waals surface area contributed by atoms with Crippen molar-refractivity contribution in [1.29, 1.82) is 0 Å². The van der Waals surface area contributed by atoms with Crippen molar-refractivity contribution < 1.29 is 23.7 Å². The van der Waals surface area contributed by atoms with Gasteiger partial charge < -0.3 is 29.6 Å². The van der Waals surface area contributed by atoms with Gasteiger partial charge in [-0.3, -0.25) is 0 Å². The van der Waals surface area contributed by atoms with Crippen LogP contribution in [0.1, 0.15) is 17.2 Å². The highest BCUT2D eigenvalue weighted by Gasteiger charge is 2.21. The molecular weight excluding hydrogens is 348 g/mol. The average Bonchev–Trinajstić information content (AvgIpc) is 2.71. The van der Waals surface area contributed by atoms with E-state index in [9.17, 15) is 4.79 Å². The number of amides is 2. The van der Waals surface area contributed by atoms with Crippen LogP contribution in [0.3, 0.4) is 0 Å². The van der Waals surface area contributed by atoms with Gasteiger partial charge in [-0.25, -0.2) is 4.79 Å². The smallest absolute Gasteiger partial charge is 0.319 e. The molecule has 0 saturated carbocycles. The van der Waals surface area contributed by atoms with Gasteiger partial charge in [-0.05, 0) is 17.5 Å². The molecule has 0 aliphatic carbocycles. The molecule has 1 aliphatic heterocycles. The predicted molar refractivity (Wildman–Crippen MR) is 102 cm³/mol. The Bertz CT molecular complexity index is 784. The lowest BCUT2D eigenvalue weighted by Gasteiger charge is -2.26. The molecule has 1 heterocycles. The summed E-state index contributed by atoms with van der Waals surface area (Å²) in [7, 11) is 4.58. The van der Waals surface area contributed by atoms with Gasteiger partial charge in [0, 0.05) is 18.7 Å². The van der Waals surface area contributed by atoms with E-state index in [1.54, 1.807) is 12.1 Å². The Morgan fingerprint density at radius 3 is 2.48 bits per heavy atom. The van der Waals surface area contributed by atoms with Crippen molar-refractivity contribution in [2.24, 2.45) is 0 Å². The summed E-state index contributed by atoms with van der Waals surface area (Å²) < 4.78 is 21.7. The maximum atomic E-state index is 12.3. The third kappa shape index (κ3) is 4.25. The Kier molecular flexibility index (Phi) is 6.03. The highest BCUT2D eigenvalue weighted by Crippen LogP contribution is 2.39. The van der Waals surface area contributed by atoms with E-state index in [-0.39, 0.29) is 12.1 Å². The van der Waals surface area contributed by atoms with E-state index in [1.165, 1.54) is 26.9 Å². The summed E-state index contributed by atoms with van der Waals surface area (Å²) in [5.74, 6) is 1.41. The number of urea groups is 1. The van der Waals surface area contributed by atoms with Gasteiger partial charge in [-0.2, -0.15) is 0 Å². The number of carbonyl (C=O) groups excluding carboxylic acids is 1. The fraction of sp³-hybridized carbons (Fsp3) is 0.350. The molecule has 0 radical (unpaired) electrons. The molecule has 1 unspecified atom stereocenters. The molecule has 3 rings (SSSR count).